The van der Waals surface area contributed by atoms with Crippen LogP contribution in [0.3, 0.4) is 0 Å². The molecular weight excluding hydrogens is 346 g/mol. The number of methoxy groups -OCH3 is 1. The lowest BCUT2D eigenvalue weighted by molar-refractivity contribution is -0.171. The summed E-state index contributed by atoms with van der Waals surface area (Å²) < 4.78 is 11.1. The van der Waals surface area contributed by atoms with Crippen LogP contribution in [-0.2, 0) is 14.3 Å². The lowest BCUT2D eigenvalue weighted by atomic mass is 9.96. The summed E-state index contributed by atoms with van der Waals surface area (Å²) in [6.07, 6.45) is 1.34. The minimum absolute atomic E-state index is 0.0120. The van der Waals surface area contributed by atoms with Crippen LogP contribution in [0, 0.1) is 0 Å². The third-order valence-corrected chi connectivity index (χ3v) is 5.72. The Balaban J connectivity index is 1.63. The van der Waals surface area contributed by atoms with Crippen LogP contribution in [0.5, 0.6) is 5.75 Å². The molecule has 1 saturated carbocycles. The fraction of sp³-hybridized carbons (Fsp3) is 0.600. The molecule has 146 valence electrons. The number of benzene rings is 1. The fourth-order valence-electron chi connectivity index (χ4n) is 3.96. The zero-order valence-corrected chi connectivity index (χ0v) is 16.0. The standard InChI is InChI=1S/C20H27N3O4/c1-21-9-11-22(12-10-21)20(25)19-18(14-3-7-16(26-2)8-4-14)23(15-5-6-15)17(24)13-27-19/h3-4,7-8,15,18-19H,5-6,9-13H2,1-2H3/t18-,19+/m1/s1. The van der Waals surface area contributed by atoms with Crippen molar-refractivity contribution in [3.05, 3.63) is 29.8 Å². The molecule has 0 spiro atoms. The molecule has 27 heavy (non-hydrogen) atoms. The number of morpholine rings is 1. The maximum Gasteiger partial charge on any atom is 0.254 e. The molecule has 1 aliphatic carbocycles. The molecule has 7 heteroatoms. The molecule has 0 N–H and O–H groups in total. The van der Waals surface area contributed by atoms with Crippen LogP contribution in [-0.4, -0.2) is 85.6 Å². The smallest absolute Gasteiger partial charge is 0.254 e. The van der Waals surface area contributed by atoms with E-state index in [4.69, 9.17) is 9.47 Å². The summed E-state index contributed by atoms with van der Waals surface area (Å²) in [4.78, 5) is 31.9. The van der Waals surface area contributed by atoms with Gasteiger partial charge in [-0.3, -0.25) is 9.59 Å². The normalized spacial score (nSPS) is 27.0. The topological polar surface area (TPSA) is 62.3 Å². The van der Waals surface area contributed by atoms with Gasteiger partial charge in [-0.1, -0.05) is 12.1 Å². The van der Waals surface area contributed by atoms with E-state index in [1.54, 1.807) is 7.11 Å². The largest absolute Gasteiger partial charge is 0.497 e. The van der Waals surface area contributed by atoms with E-state index in [9.17, 15) is 9.59 Å². The highest BCUT2D eigenvalue weighted by Crippen LogP contribution is 2.40. The third kappa shape index (κ3) is 3.66. The van der Waals surface area contributed by atoms with Crippen molar-refractivity contribution < 1.29 is 19.1 Å². The summed E-state index contributed by atoms with van der Waals surface area (Å²) in [5, 5.41) is 0. The van der Waals surface area contributed by atoms with Crippen LogP contribution < -0.4 is 4.74 Å². The second-order valence-electron chi connectivity index (χ2n) is 7.61. The number of ether oxygens (including phenoxy) is 2. The Morgan fingerprint density at radius 1 is 1.11 bits per heavy atom. The van der Waals surface area contributed by atoms with Crippen molar-refractivity contribution in [2.45, 2.75) is 31.0 Å². The van der Waals surface area contributed by atoms with Gasteiger partial charge in [0.25, 0.3) is 5.91 Å². The molecule has 0 unspecified atom stereocenters. The number of amides is 2. The predicted molar refractivity (Wildman–Crippen MR) is 99.4 cm³/mol. The highest BCUT2D eigenvalue weighted by Gasteiger charge is 2.48. The summed E-state index contributed by atoms with van der Waals surface area (Å²) in [6.45, 7) is 3.09. The Kier molecular flexibility index (Phi) is 5.06. The molecule has 0 bridgehead atoms. The van der Waals surface area contributed by atoms with Crippen LogP contribution in [0.15, 0.2) is 24.3 Å². The Morgan fingerprint density at radius 2 is 1.78 bits per heavy atom. The van der Waals surface area contributed by atoms with Crippen LogP contribution in [0.1, 0.15) is 24.4 Å². The van der Waals surface area contributed by atoms with Crippen molar-refractivity contribution in [3.63, 3.8) is 0 Å². The van der Waals surface area contributed by atoms with Gasteiger partial charge in [0.1, 0.15) is 12.4 Å². The molecule has 0 aromatic heterocycles. The van der Waals surface area contributed by atoms with E-state index in [1.807, 2.05) is 34.1 Å². The number of carbonyl (C=O) groups excluding carboxylic acids is 2. The summed E-state index contributed by atoms with van der Waals surface area (Å²) in [7, 11) is 3.69. The maximum atomic E-state index is 13.3. The number of likely N-dealkylation sites (N-methyl/N-ethyl adjacent to an activating group) is 1. The molecule has 2 saturated heterocycles. The van der Waals surface area contributed by atoms with E-state index in [0.717, 1.165) is 37.2 Å². The van der Waals surface area contributed by atoms with Gasteiger partial charge in [0.05, 0.1) is 13.2 Å². The second kappa shape index (κ2) is 7.48. The molecule has 1 aromatic rings. The first kappa shape index (κ1) is 18.3. The number of carbonyl (C=O) groups is 2. The van der Waals surface area contributed by atoms with Crippen molar-refractivity contribution >= 4 is 11.8 Å². The molecule has 4 rings (SSSR count). The summed E-state index contributed by atoms with van der Waals surface area (Å²) in [5.41, 5.74) is 0.920. The Hall–Kier alpha value is -2.12. The SMILES string of the molecule is COc1ccc([C@@H]2[C@@H](C(=O)N3CCN(C)CC3)OCC(=O)N2C2CC2)cc1. The first-order chi connectivity index (χ1) is 13.1. The molecule has 3 fully saturated rings. The predicted octanol–water partition coefficient (Wildman–Crippen LogP) is 0.900. The highest BCUT2D eigenvalue weighted by molar-refractivity contribution is 5.87. The van der Waals surface area contributed by atoms with Crippen LogP contribution in [0.2, 0.25) is 0 Å². The Labute approximate surface area is 159 Å². The number of hydrogen-bond acceptors (Lipinski definition) is 5. The van der Waals surface area contributed by atoms with Gasteiger partial charge in [0.15, 0.2) is 6.10 Å². The maximum absolute atomic E-state index is 13.3. The van der Waals surface area contributed by atoms with Crippen molar-refractivity contribution in [1.29, 1.82) is 0 Å². The molecular formula is C20H27N3O4. The fourth-order valence-corrected chi connectivity index (χ4v) is 3.96. The van der Waals surface area contributed by atoms with Gasteiger partial charge in [0.2, 0.25) is 5.91 Å². The van der Waals surface area contributed by atoms with Crippen molar-refractivity contribution in [2.24, 2.45) is 0 Å². The second-order valence-corrected chi connectivity index (χ2v) is 7.61. The Bertz CT molecular complexity index is 696. The minimum atomic E-state index is -0.653. The molecule has 0 radical (unpaired) electrons. The molecule has 1 aromatic carbocycles. The zero-order chi connectivity index (χ0) is 19.0. The first-order valence-electron chi connectivity index (χ1n) is 9.62. The van der Waals surface area contributed by atoms with Crippen molar-refractivity contribution in [3.8, 4) is 5.75 Å². The average molecular weight is 373 g/mol. The molecule has 2 amide bonds. The molecule has 7 nitrogen and oxygen atoms in total. The van der Waals surface area contributed by atoms with E-state index >= 15 is 0 Å². The van der Waals surface area contributed by atoms with Crippen LogP contribution in [0.4, 0.5) is 0 Å². The lowest BCUT2D eigenvalue weighted by Gasteiger charge is -2.43. The third-order valence-electron chi connectivity index (χ3n) is 5.72. The minimum Gasteiger partial charge on any atom is -0.497 e. The number of nitrogens with zero attached hydrogens (tertiary/aromatic N) is 3. The zero-order valence-electron chi connectivity index (χ0n) is 16.0. The first-order valence-corrected chi connectivity index (χ1v) is 9.62. The van der Waals surface area contributed by atoms with Gasteiger partial charge < -0.3 is 24.2 Å². The molecule has 2 aliphatic heterocycles. The van der Waals surface area contributed by atoms with E-state index in [1.165, 1.54) is 0 Å². The Morgan fingerprint density at radius 3 is 2.37 bits per heavy atom. The van der Waals surface area contributed by atoms with Gasteiger partial charge in [-0.25, -0.2) is 0 Å². The average Bonchev–Trinajstić information content (AvgIpc) is 3.53. The number of piperazine rings is 1. The van der Waals surface area contributed by atoms with Gasteiger partial charge >= 0.3 is 0 Å². The van der Waals surface area contributed by atoms with E-state index < -0.39 is 6.10 Å². The monoisotopic (exact) mass is 373 g/mol. The molecule has 2 atom stereocenters. The summed E-state index contributed by atoms with van der Waals surface area (Å²) in [6, 6.07) is 7.46. The van der Waals surface area contributed by atoms with Gasteiger partial charge in [0, 0.05) is 32.2 Å². The summed E-state index contributed by atoms with van der Waals surface area (Å²) in [5.74, 6) is 0.713. The van der Waals surface area contributed by atoms with Crippen LogP contribution >= 0.6 is 0 Å². The van der Waals surface area contributed by atoms with E-state index in [0.29, 0.717) is 13.1 Å². The van der Waals surface area contributed by atoms with Gasteiger partial charge in [-0.15, -0.1) is 0 Å². The number of rotatable bonds is 4. The lowest BCUT2D eigenvalue weighted by Crippen LogP contribution is -2.58. The van der Waals surface area contributed by atoms with Gasteiger partial charge in [-0.05, 0) is 37.6 Å². The van der Waals surface area contributed by atoms with Crippen molar-refractivity contribution in [2.75, 3.05) is 46.9 Å². The molecule has 2 heterocycles. The van der Waals surface area contributed by atoms with Crippen molar-refractivity contribution in [1.82, 2.24) is 14.7 Å². The van der Waals surface area contributed by atoms with E-state index in [2.05, 4.69) is 11.9 Å². The van der Waals surface area contributed by atoms with Gasteiger partial charge in [-0.2, -0.15) is 0 Å². The van der Waals surface area contributed by atoms with Crippen LogP contribution in [0.25, 0.3) is 0 Å². The molecule has 3 aliphatic rings. The number of hydrogen-bond donors (Lipinski definition) is 0. The summed E-state index contributed by atoms with van der Waals surface area (Å²) >= 11 is 0. The highest BCUT2D eigenvalue weighted by atomic mass is 16.5. The quantitative estimate of drug-likeness (QED) is 0.785. The van der Waals surface area contributed by atoms with E-state index in [-0.39, 0.29) is 30.5 Å².